The van der Waals surface area contributed by atoms with Gasteiger partial charge in [0, 0.05) is 0 Å². The van der Waals surface area contributed by atoms with Crippen molar-refractivity contribution in [2.45, 2.75) is 65.3 Å². The average molecular weight is 242 g/mol. The summed E-state index contributed by atoms with van der Waals surface area (Å²) in [5.74, 6) is 3.04. The van der Waals surface area contributed by atoms with Crippen LogP contribution in [0.4, 0.5) is 0 Å². The van der Waals surface area contributed by atoms with Crippen molar-refractivity contribution in [3.8, 4) is 12.0 Å². The molecule has 0 saturated heterocycles. The van der Waals surface area contributed by atoms with E-state index in [2.05, 4.69) is 52.8 Å². The topological polar surface area (TPSA) is 18.5 Å². The zero-order valence-electron chi connectivity index (χ0n) is 11.8. The third-order valence-electron chi connectivity index (χ3n) is 3.05. The number of hydrogen-bond acceptors (Lipinski definition) is 2. The lowest BCUT2D eigenvalue weighted by molar-refractivity contribution is 0.225. The van der Waals surface area contributed by atoms with E-state index in [1.54, 1.807) is 0 Å². The first-order valence-electron chi connectivity index (χ1n) is 6.04. The molecule has 0 spiro atoms. The summed E-state index contributed by atoms with van der Waals surface area (Å²) in [4.78, 5) is 0. The standard InChI is InChI=1S/C13H26O2Si/c1-8-12(10-11-14-9-2)15-16(6,7)13(3,4)5/h12H,8-9H2,1-7H3. The second-order valence-corrected chi connectivity index (χ2v) is 10.2. The van der Waals surface area contributed by atoms with E-state index >= 15 is 0 Å². The van der Waals surface area contributed by atoms with Crippen LogP contribution in [0.1, 0.15) is 41.0 Å². The summed E-state index contributed by atoms with van der Waals surface area (Å²) in [7, 11) is -1.71. The van der Waals surface area contributed by atoms with Crippen LogP contribution in [-0.2, 0) is 9.16 Å². The Labute approximate surface area is 102 Å². The Morgan fingerprint density at radius 2 is 1.75 bits per heavy atom. The SMILES string of the molecule is CCOC#CC(CC)O[Si](C)(C)C(C)(C)C. The molecule has 1 atom stereocenters. The molecule has 0 fully saturated rings. The van der Waals surface area contributed by atoms with E-state index in [1.165, 1.54) is 0 Å². The second-order valence-electron chi connectivity index (χ2n) is 5.45. The molecule has 0 saturated carbocycles. The highest BCUT2D eigenvalue weighted by Crippen LogP contribution is 2.37. The Morgan fingerprint density at radius 1 is 1.19 bits per heavy atom. The molecule has 0 rings (SSSR count). The van der Waals surface area contributed by atoms with Gasteiger partial charge in [0.15, 0.2) is 8.32 Å². The van der Waals surface area contributed by atoms with Crippen LogP contribution in [0.25, 0.3) is 0 Å². The molecule has 16 heavy (non-hydrogen) atoms. The molecule has 0 aromatic heterocycles. The smallest absolute Gasteiger partial charge is 0.193 e. The van der Waals surface area contributed by atoms with Crippen LogP contribution < -0.4 is 0 Å². The van der Waals surface area contributed by atoms with Gasteiger partial charge >= 0.3 is 0 Å². The molecular formula is C13H26O2Si. The Hall–Kier alpha value is -0.463. The molecule has 0 heterocycles. The van der Waals surface area contributed by atoms with Gasteiger partial charge in [0.25, 0.3) is 0 Å². The van der Waals surface area contributed by atoms with Crippen molar-refractivity contribution in [3.63, 3.8) is 0 Å². The van der Waals surface area contributed by atoms with Crippen molar-refractivity contribution in [1.29, 1.82) is 0 Å². The molecule has 0 aliphatic carbocycles. The van der Waals surface area contributed by atoms with Crippen molar-refractivity contribution in [3.05, 3.63) is 0 Å². The van der Waals surface area contributed by atoms with Gasteiger partial charge in [0.2, 0.25) is 0 Å². The number of hydrogen-bond donors (Lipinski definition) is 0. The molecule has 0 amide bonds. The molecule has 0 bridgehead atoms. The van der Waals surface area contributed by atoms with Gasteiger partial charge in [-0.15, -0.1) is 0 Å². The van der Waals surface area contributed by atoms with Gasteiger partial charge in [-0.05, 0) is 37.4 Å². The maximum absolute atomic E-state index is 6.18. The number of rotatable bonds is 4. The minimum absolute atomic E-state index is 0.00689. The van der Waals surface area contributed by atoms with Crippen LogP contribution in [-0.4, -0.2) is 21.0 Å². The van der Waals surface area contributed by atoms with Crippen LogP contribution >= 0.6 is 0 Å². The Morgan fingerprint density at radius 3 is 2.12 bits per heavy atom. The van der Waals surface area contributed by atoms with E-state index in [0.717, 1.165) is 6.42 Å². The molecule has 0 aromatic carbocycles. The van der Waals surface area contributed by atoms with Crippen molar-refractivity contribution >= 4 is 8.32 Å². The predicted octanol–water partition coefficient (Wildman–Crippen LogP) is 3.78. The molecule has 3 heteroatoms. The third-order valence-corrected chi connectivity index (χ3v) is 7.54. The summed E-state index contributed by atoms with van der Waals surface area (Å²) < 4.78 is 11.2. The van der Waals surface area contributed by atoms with Crippen molar-refractivity contribution in [1.82, 2.24) is 0 Å². The highest BCUT2D eigenvalue weighted by Gasteiger charge is 2.38. The number of ether oxygens (including phenoxy) is 1. The van der Waals surface area contributed by atoms with Gasteiger partial charge in [-0.25, -0.2) is 0 Å². The van der Waals surface area contributed by atoms with Gasteiger partial charge in [-0.3, -0.25) is 0 Å². The van der Waals surface area contributed by atoms with Gasteiger partial charge in [-0.2, -0.15) is 0 Å². The molecule has 0 N–H and O–H groups in total. The van der Waals surface area contributed by atoms with Crippen LogP contribution in [0.5, 0.6) is 0 Å². The lowest BCUT2D eigenvalue weighted by atomic mass is 10.2. The van der Waals surface area contributed by atoms with E-state index in [9.17, 15) is 0 Å². The zero-order chi connectivity index (χ0) is 12.8. The van der Waals surface area contributed by atoms with E-state index in [4.69, 9.17) is 9.16 Å². The highest BCUT2D eigenvalue weighted by molar-refractivity contribution is 6.74. The largest absolute Gasteiger partial charge is 0.447 e. The first kappa shape index (κ1) is 15.5. The molecule has 1 unspecified atom stereocenters. The first-order valence-corrected chi connectivity index (χ1v) is 8.95. The van der Waals surface area contributed by atoms with Crippen LogP contribution in [0.15, 0.2) is 0 Å². The van der Waals surface area contributed by atoms with Crippen LogP contribution in [0, 0.1) is 12.0 Å². The summed E-state index contributed by atoms with van der Waals surface area (Å²) >= 11 is 0. The molecular weight excluding hydrogens is 216 g/mol. The Bertz CT molecular complexity index is 255. The molecule has 94 valence electrons. The van der Waals surface area contributed by atoms with Crippen molar-refractivity contribution in [2.75, 3.05) is 6.61 Å². The van der Waals surface area contributed by atoms with E-state index in [0.29, 0.717) is 6.61 Å². The maximum atomic E-state index is 6.18. The lowest BCUT2D eigenvalue weighted by Gasteiger charge is -2.37. The summed E-state index contributed by atoms with van der Waals surface area (Å²) in [6.45, 7) is 15.9. The Kier molecular flexibility index (Phi) is 6.13. The minimum Gasteiger partial charge on any atom is -0.447 e. The monoisotopic (exact) mass is 242 g/mol. The zero-order valence-corrected chi connectivity index (χ0v) is 12.8. The lowest BCUT2D eigenvalue weighted by Crippen LogP contribution is -2.43. The van der Waals surface area contributed by atoms with Gasteiger partial charge in [0.05, 0.1) is 6.61 Å². The molecule has 0 aromatic rings. The van der Waals surface area contributed by atoms with Crippen molar-refractivity contribution < 1.29 is 9.16 Å². The minimum atomic E-state index is -1.71. The molecule has 0 radical (unpaired) electrons. The fourth-order valence-electron chi connectivity index (χ4n) is 0.927. The summed E-state index contributed by atoms with van der Waals surface area (Å²) in [6, 6.07) is 0. The van der Waals surface area contributed by atoms with Crippen molar-refractivity contribution in [2.24, 2.45) is 0 Å². The molecule has 2 nitrogen and oxygen atoms in total. The van der Waals surface area contributed by atoms with Crippen LogP contribution in [0.2, 0.25) is 18.1 Å². The normalized spacial score (nSPS) is 13.9. The second kappa shape index (κ2) is 6.32. The molecule has 0 aliphatic rings. The quantitative estimate of drug-likeness (QED) is 0.552. The Balaban J connectivity index is 4.50. The fraction of sp³-hybridized carbons (Fsp3) is 0.846. The van der Waals surface area contributed by atoms with E-state index in [-0.39, 0.29) is 11.1 Å². The first-order chi connectivity index (χ1) is 7.24. The van der Waals surface area contributed by atoms with E-state index < -0.39 is 8.32 Å². The highest BCUT2D eigenvalue weighted by atomic mass is 28.4. The fourth-order valence-corrected chi connectivity index (χ4v) is 2.22. The van der Waals surface area contributed by atoms with Gasteiger partial charge < -0.3 is 9.16 Å². The van der Waals surface area contributed by atoms with Gasteiger partial charge in [0.1, 0.15) is 12.2 Å². The van der Waals surface area contributed by atoms with Gasteiger partial charge in [-0.1, -0.05) is 27.7 Å². The molecule has 0 aliphatic heterocycles. The van der Waals surface area contributed by atoms with Crippen LogP contribution in [0.3, 0.4) is 0 Å². The van der Waals surface area contributed by atoms with E-state index in [1.807, 2.05) is 6.92 Å². The average Bonchev–Trinajstić information content (AvgIpc) is 2.14. The summed E-state index contributed by atoms with van der Waals surface area (Å²) in [5.41, 5.74) is 0. The predicted molar refractivity (Wildman–Crippen MR) is 71.8 cm³/mol. The summed E-state index contributed by atoms with van der Waals surface area (Å²) in [5, 5.41) is 0.230. The maximum Gasteiger partial charge on any atom is 0.193 e. The third kappa shape index (κ3) is 5.04. The summed E-state index contributed by atoms with van der Waals surface area (Å²) in [6.07, 6.45) is 3.62.